The Bertz CT molecular complexity index is 720. The van der Waals surface area contributed by atoms with Crippen molar-refractivity contribution in [1.29, 1.82) is 0 Å². The molecule has 2 rings (SSSR count). The molecule has 0 aliphatic carbocycles. The highest BCUT2D eigenvalue weighted by molar-refractivity contribution is 7.99. The molecule has 0 fully saturated rings. The van der Waals surface area contributed by atoms with Crippen molar-refractivity contribution < 1.29 is 22.0 Å². The van der Waals surface area contributed by atoms with E-state index in [1.165, 1.54) is 42.5 Å². The van der Waals surface area contributed by atoms with Gasteiger partial charge in [0.05, 0.1) is 11.3 Å². The molecule has 0 heterocycles. The predicted molar refractivity (Wildman–Crippen MR) is 92.7 cm³/mol. The van der Waals surface area contributed by atoms with E-state index in [9.17, 15) is 22.0 Å². The van der Waals surface area contributed by atoms with Gasteiger partial charge in [0.2, 0.25) is 0 Å². The fourth-order valence-corrected chi connectivity index (χ4v) is 2.51. The fraction of sp³-hybridized carbons (Fsp3) is 0.133. The van der Waals surface area contributed by atoms with Crippen LogP contribution in [0.15, 0.2) is 53.4 Å². The molecule has 0 aliphatic rings. The third kappa shape index (κ3) is 6.05. The van der Waals surface area contributed by atoms with Gasteiger partial charge in [0.15, 0.2) is 5.11 Å². The molecule has 0 saturated carbocycles. The zero-order chi connectivity index (χ0) is 18.4. The van der Waals surface area contributed by atoms with E-state index < -0.39 is 17.5 Å². The normalized spacial score (nSPS) is 11.3. The van der Waals surface area contributed by atoms with Gasteiger partial charge in [-0.25, -0.2) is 0 Å². The Labute approximate surface area is 150 Å². The van der Waals surface area contributed by atoms with Crippen LogP contribution >= 0.6 is 24.0 Å². The second-order valence-electron chi connectivity index (χ2n) is 4.65. The van der Waals surface area contributed by atoms with Crippen molar-refractivity contribution in [3.05, 3.63) is 54.1 Å². The van der Waals surface area contributed by atoms with Gasteiger partial charge in [-0.3, -0.25) is 10.9 Å². The van der Waals surface area contributed by atoms with Crippen molar-refractivity contribution in [2.45, 2.75) is 16.8 Å². The summed E-state index contributed by atoms with van der Waals surface area (Å²) in [7, 11) is 0. The van der Waals surface area contributed by atoms with Crippen LogP contribution in [-0.2, 0) is 6.18 Å². The summed E-state index contributed by atoms with van der Waals surface area (Å²) >= 11 is 5.39. The van der Waals surface area contributed by atoms with Gasteiger partial charge in [0.25, 0.3) is 5.76 Å². The number of hydrogen-bond donors (Lipinski definition) is 3. The topological polar surface area (TPSA) is 36.1 Å². The van der Waals surface area contributed by atoms with E-state index in [4.69, 9.17) is 12.2 Å². The molecule has 0 unspecified atom stereocenters. The van der Waals surface area contributed by atoms with Crippen LogP contribution in [0.4, 0.5) is 33.3 Å². The largest absolute Gasteiger partial charge is 0.418 e. The zero-order valence-corrected chi connectivity index (χ0v) is 14.0. The molecule has 0 saturated heterocycles. The molecule has 134 valence electrons. The molecule has 25 heavy (non-hydrogen) atoms. The van der Waals surface area contributed by atoms with Crippen molar-refractivity contribution in [2.75, 3.05) is 10.7 Å². The lowest BCUT2D eigenvalue weighted by molar-refractivity contribution is -0.137. The summed E-state index contributed by atoms with van der Waals surface area (Å²) in [4.78, 5) is 0.386. The minimum absolute atomic E-state index is 0.0197. The van der Waals surface area contributed by atoms with Crippen LogP contribution in [0.5, 0.6) is 0 Å². The molecule has 3 N–H and O–H groups in total. The lowest BCUT2D eigenvalue weighted by Crippen LogP contribution is -2.34. The average Bonchev–Trinajstić information content (AvgIpc) is 2.54. The molecule has 0 radical (unpaired) electrons. The zero-order valence-electron chi connectivity index (χ0n) is 12.4. The summed E-state index contributed by atoms with van der Waals surface area (Å²) in [6.45, 7) is 0. The summed E-state index contributed by atoms with van der Waals surface area (Å²) in [5.41, 5.74) is 4.34. The Kier molecular flexibility index (Phi) is 6.43. The van der Waals surface area contributed by atoms with E-state index in [1.807, 2.05) is 0 Å². The molecule has 3 nitrogen and oxygen atoms in total. The number of thiocarbonyl (C=S) groups is 1. The number of halogens is 5. The number of benzene rings is 2. The van der Waals surface area contributed by atoms with Gasteiger partial charge < -0.3 is 5.32 Å². The van der Waals surface area contributed by atoms with Crippen LogP contribution in [-0.4, -0.2) is 10.9 Å². The van der Waals surface area contributed by atoms with E-state index >= 15 is 0 Å². The quantitative estimate of drug-likeness (QED) is 0.277. The van der Waals surface area contributed by atoms with Crippen molar-refractivity contribution in [1.82, 2.24) is 5.43 Å². The van der Waals surface area contributed by atoms with Crippen LogP contribution in [0.25, 0.3) is 0 Å². The van der Waals surface area contributed by atoms with Crippen LogP contribution in [0, 0.1) is 0 Å². The van der Waals surface area contributed by atoms with Crippen molar-refractivity contribution >= 4 is 40.5 Å². The Balaban J connectivity index is 1.93. The maximum atomic E-state index is 12.9. The molecule has 0 atom stereocenters. The minimum atomic E-state index is -4.50. The monoisotopic (exact) mass is 393 g/mol. The smallest absolute Gasteiger partial charge is 0.331 e. The van der Waals surface area contributed by atoms with Crippen molar-refractivity contribution in [3.63, 3.8) is 0 Å². The first-order valence-electron chi connectivity index (χ1n) is 6.80. The molecule has 10 heteroatoms. The average molecular weight is 393 g/mol. The van der Waals surface area contributed by atoms with Crippen molar-refractivity contribution in [3.8, 4) is 0 Å². The Morgan fingerprint density at radius 3 is 2.24 bits per heavy atom. The first kappa shape index (κ1) is 19.3. The summed E-state index contributed by atoms with van der Waals surface area (Å²) in [5.74, 6) is -2.51. The number of para-hydroxylation sites is 1. The fourth-order valence-electron chi connectivity index (χ4n) is 1.85. The van der Waals surface area contributed by atoms with Crippen LogP contribution < -0.4 is 16.2 Å². The maximum Gasteiger partial charge on any atom is 0.418 e. The van der Waals surface area contributed by atoms with E-state index in [2.05, 4.69) is 16.2 Å². The molecule has 0 bridgehead atoms. The van der Waals surface area contributed by atoms with Crippen LogP contribution in [0.3, 0.4) is 0 Å². The molecule has 2 aromatic carbocycles. The lowest BCUT2D eigenvalue weighted by Gasteiger charge is -2.16. The highest BCUT2D eigenvalue weighted by Gasteiger charge is 2.33. The number of rotatable bonds is 5. The predicted octanol–water partition coefficient (Wildman–Crippen LogP) is 5.33. The maximum absolute atomic E-state index is 12.9. The summed E-state index contributed by atoms with van der Waals surface area (Å²) in [5, 5.41) is 2.75. The molecule has 0 spiro atoms. The highest BCUT2D eigenvalue weighted by atomic mass is 32.2. The Hall–Kier alpha value is -2.07. The minimum Gasteiger partial charge on any atom is -0.331 e. The number of alkyl halides is 5. The second kappa shape index (κ2) is 8.34. The molecule has 0 amide bonds. The number of nitrogens with one attached hydrogen (secondary N) is 3. The lowest BCUT2D eigenvalue weighted by atomic mass is 10.2. The Morgan fingerprint density at radius 1 is 1.00 bits per heavy atom. The summed E-state index contributed by atoms with van der Waals surface area (Å²) < 4.78 is 63.1. The first-order valence-corrected chi connectivity index (χ1v) is 8.08. The van der Waals surface area contributed by atoms with Gasteiger partial charge in [-0.2, -0.15) is 22.0 Å². The first-order chi connectivity index (χ1) is 11.8. The third-order valence-electron chi connectivity index (χ3n) is 2.88. The van der Waals surface area contributed by atoms with E-state index in [0.29, 0.717) is 22.3 Å². The van der Waals surface area contributed by atoms with E-state index in [1.54, 1.807) is 0 Å². The molecule has 0 aromatic heterocycles. The van der Waals surface area contributed by atoms with Gasteiger partial charge in [-0.15, -0.1) is 0 Å². The summed E-state index contributed by atoms with van der Waals surface area (Å²) in [6, 6.07) is 11.0. The molecular formula is C15H12F5N3S2. The van der Waals surface area contributed by atoms with Gasteiger partial charge in [-0.1, -0.05) is 23.9 Å². The molecular weight excluding hydrogens is 381 g/mol. The van der Waals surface area contributed by atoms with E-state index in [0.717, 1.165) is 6.07 Å². The van der Waals surface area contributed by atoms with Gasteiger partial charge in [-0.05, 0) is 48.6 Å². The standard InChI is InChI=1S/C15H12F5N3S2/c16-13(17)25-10-7-5-9(6-8-10)21-14(24)23-22-12-4-2-1-3-11(12)15(18,19)20/h1-8,13,22H,(H2,21,23,24). The number of anilines is 2. The molecule has 2 aromatic rings. The van der Waals surface area contributed by atoms with Crippen LogP contribution in [0.1, 0.15) is 5.56 Å². The van der Waals surface area contributed by atoms with E-state index in [-0.39, 0.29) is 10.8 Å². The number of hydrazine groups is 1. The second-order valence-corrected chi connectivity index (χ2v) is 6.12. The highest BCUT2D eigenvalue weighted by Crippen LogP contribution is 2.34. The number of thioether (sulfide) groups is 1. The molecule has 0 aliphatic heterocycles. The van der Waals surface area contributed by atoms with Crippen LogP contribution in [0.2, 0.25) is 0 Å². The van der Waals surface area contributed by atoms with Gasteiger partial charge in [0.1, 0.15) is 0 Å². The Morgan fingerprint density at radius 2 is 1.64 bits per heavy atom. The SMILES string of the molecule is FC(F)Sc1ccc(NC(=S)NNc2ccccc2C(F)(F)F)cc1. The van der Waals surface area contributed by atoms with Gasteiger partial charge in [0, 0.05) is 10.6 Å². The van der Waals surface area contributed by atoms with Gasteiger partial charge >= 0.3 is 6.18 Å². The summed E-state index contributed by atoms with van der Waals surface area (Å²) in [6.07, 6.45) is -4.50. The van der Waals surface area contributed by atoms with Crippen molar-refractivity contribution in [2.24, 2.45) is 0 Å². The third-order valence-corrected chi connectivity index (χ3v) is 3.81. The number of hydrogen-bond acceptors (Lipinski definition) is 3.